The summed E-state index contributed by atoms with van der Waals surface area (Å²) >= 11 is 0. The topological polar surface area (TPSA) is 103 Å². The van der Waals surface area contributed by atoms with Crippen LogP contribution in [0.1, 0.15) is 12.6 Å². The fraction of sp³-hybridized carbons (Fsp3) is 0.143. The van der Waals surface area contributed by atoms with Gasteiger partial charge in [-0.1, -0.05) is 18.2 Å². The molecule has 7 nitrogen and oxygen atoms in total. The summed E-state index contributed by atoms with van der Waals surface area (Å²) in [7, 11) is -3.70. The van der Waals surface area contributed by atoms with E-state index in [-0.39, 0.29) is 4.90 Å². The van der Waals surface area contributed by atoms with Crippen molar-refractivity contribution in [1.82, 2.24) is 15.1 Å². The number of benzene rings is 1. The maximum Gasteiger partial charge on any atom is 0.255 e. The molecule has 8 heteroatoms. The van der Waals surface area contributed by atoms with E-state index in [2.05, 4.69) is 20.2 Å². The number of aromatic amines is 1. The van der Waals surface area contributed by atoms with Crippen molar-refractivity contribution in [2.24, 2.45) is 5.10 Å². The molecule has 1 aromatic carbocycles. The number of H-pyrrole nitrogens is 1. The maximum absolute atomic E-state index is 11.9. The van der Waals surface area contributed by atoms with Crippen molar-refractivity contribution in [2.75, 3.05) is 6.54 Å². The zero-order chi connectivity index (χ0) is 16.0. The molecule has 0 saturated carbocycles. The van der Waals surface area contributed by atoms with Gasteiger partial charge < -0.3 is 4.98 Å². The number of hydrogen-bond acceptors (Lipinski definition) is 4. The Morgan fingerprint density at radius 2 is 1.91 bits per heavy atom. The van der Waals surface area contributed by atoms with Gasteiger partial charge in [0.1, 0.15) is 0 Å². The molecule has 22 heavy (non-hydrogen) atoms. The molecule has 0 aliphatic rings. The summed E-state index contributed by atoms with van der Waals surface area (Å²) in [6, 6.07) is 11.5. The van der Waals surface area contributed by atoms with E-state index in [0.717, 1.165) is 5.69 Å². The van der Waals surface area contributed by atoms with Gasteiger partial charge in [0, 0.05) is 6.20 Å². The lowest BCUT2D eigenvalue weighted by Crippen LogP contribution is -2.35. The first-order chi connectivity index (χ1) is 10.5. The number of hydrazone groups is 1. The highest BCUT2D eigenvalue weighted by Gasteiger charge is 2.14. The highest BCUT2D eigenvalue weighted by molar-refractivity contribution is 7.89. The molecule has 2 aromatic rings. The predicted octanol–water partition coefficient (Wildman–Crippen LogP) is 0.833. The zero-order valence-corrected chi connectivity index (χ0v) is 12.7. The minimum absolute atomic E-state index is 0.105. The highest BCUT2D eigenvalue weighted by Crippen LogP contribution is 2.06. The molecule has 0 saturated heterocycles. The molecule has 0 unspecified atom stereocenters. The summed E-state index contributed by atoms with van der Waals surface area (Å²) in [6.07, 6.45) is 1.74. The van der Waals surface area contributed by atoms with E-state index in [1.807, 2.05) is 12.1 Å². The van der Waals surface area contributed by atoms with E-state index in [4.69, 9.17) is 0 Å². The normalized spacial score (nSPS) is 12.1. The van der Waals surface area contributed by atoms with Crippen LogP contribution in [-0.4, -0.2) is 31.6 Å². The van der Waals surface area contributed by atoms with Crippen LogP contribution in [0.25, 0.3) is 0 Å². The van der Waals surface area contributed by atoms with Gasteiger partial charge in [-0.25, -0.2) is 18.6 Å². The molecule has 0 atom stereocenters. The number of sulfonamides is 1. The number of carbonyl (C=O) groups is 1. The lowest BCUT2D eigenvalue weighted by atomic mass is 10.3. The van der Waals surface area contributed by atoms with Crippen LogP contribution in [0.15, 0.2) is 58.7 Å². The van der Waals surface area contributed by atoms with Crippen LogP contribution >= 0.6 is 0 Å². The Bertz CT molecular complexity index is 753. The van der Waals surface area contributed by atoms with E-state index < -0.39 is 22.5 Å². The molecular weight excluding hydrogens is 304 g/mol. The van der Waals surface area contributed by atoms with Crippen molar-refractivity contribution in [3.8, 4) is 0 Å². The second-order valence-corrected chi connectivity index (χ2v) is 6.22. The molecule has 1 amide bonds. The number of hydrogen-bond donors (Lipinski definition) is 3. The lowest BCUT2D eigenvalue weighted by Gasteiger charge is -2.06. The third-order valence-corrected chi connectivity index (χ3v) is 4.23. The Morgan fingerprint density at radius 1 is 1.18 bits per heavy atom. The SMILES string of the molecule is C/C(=N\NC(=O)CNS(=O)(=O)c1ccccc1)c1ccc[nH]1. The molecule has 1 aromatic heterocycles. The van der Waals surface area contributed by atoms with Crippen LogP contribution in [0.4, 0.5) is 0 Å². The molecule has 0 bridgehead atoms. The van der Waals surface area contributed by atoms with Gasteiger partial charge in [0.25, 0.3) is 5.91 Å². The number of aromatic nitrogens is 1. The van der Waals surface area contributed by atoms with Crippen LogP contribution < -0.4 is 10.1 Å². The van der Waals surface area contributed by atoms with Gasteiger partial charge >= 0.3 is 0 Å². The molecule has 1 heterocycles. The van der Waals surface area contributed by atoms with Crippen molar-refractivity contribution in [1.29, 1.82) is 0 Å². The van der Waals surface area contributed by atoms with Crippen molar-refractivity contribution in [3.63, 3.8) is 0 Å². The van der Waals surface area contributed by atoms with Gasteiger partial charge in [0.15, 0.2) is 0 Å². The minimum atomic E-state index is -3.70. The number of amides is 1. The van der Waals surface area contributed by atoms with E-state index in [0.29, 0.717) is 5.71 Å². The third kappa shape index (κ3) is 4.27. The molecular formula is C14H16N4O3S. The molecule has 2 rings (SSSR count). The smallest absolute Gasteiger partial charge is 0.255 e. The van der Waals surface area contributed by atoms with Gasteiger partial charge in [-0.3, -0.25) is 4.79 Å². The summed E-state index contributed by atoms with van der Waals surface area (Å²) < 4.78 is 26.1. The molecule has 0 fully saturated rings. The Hall–Kier alpha value is -2.45. The first kappa shape index (κ1) is 15.9. The molecule has 0 aliphatic carbocycles. The summed E-state index contributed by atoms with van der Waals surface area (Å²) in [4.78, 5) is 14.7. The van der Waals surface area contributed by atoms with Crippen molar-refractivity contribution in [2.45, 2.75) is 11.8 Å². The highest BCUT2D eigenvalue weighted by atomic mass is 32.2. The van der Waals surface area contributed by atoms with Crippen LogP contribution in [0.5, 0.6) is 0 Å². The van der Waals surface area contributed by atoms with Gasteiger partial charge in [-0.2, -0.15) is 5.10 Å². The maximum atomic E-state index is 11.9. The second-order valence-electron chi connectivity index (χ2n) is 4.45. The second kappa shape index (κ2) is 7.01. The van der Waals surface area contributed by atoms with E-state index in [1.165, 1.54) is 12.1 Å². The van der Waals surface area contributed by atoms with Gasteiger partial charge in [-0.15, -0.1) is 0 Å². The number of nitrogens with zero attached hydrogens (tertiary/aromatic N) is 1. The summed E-state index contributed by atoms with van der Waals surface area (Å²) in [5.41, 5.74) is 3.65. The largest absolute Gasteiger partial charge is 0.360 e. The van der Waals surface area contributed by atoms with Crippen LogP contribution in [0, 0.1) is 0 Å². The summed E-state index contributed by atoms with van der Waals surface area (Å²) in [5.74, 6) is -0.551. The van der Waals surface area contributed by atoms with Gasteiger partial charge in [0.05, 0.1) is 22.8 Å². The molecule has 0 radical (unpaired) electrons. The number of carbonyl (C=O) groups excluding carboxylic acids is 1. The van der Waals surface area contributed by atoms with E-state index in [1.54, 1.807) is 31.3 Å². The average molecular weight is 320 g/mol. The Morgan fingerprint density at radius 3 is 2.55 bits per heavy atom. The lowest BCUT2D eigenvalue weighted by molar-refractivity contribution is -0.119. The first-order valence-electron chi connectivity index (χ1n) is 6.50. The van der Waals surface area contributed by atoms with Crippen molar-refractivity contribution >= 4 is 21.6 Å². The Kier molecular flexibility index (Phi) is 5.08. The van der Waals surface area contributed by atoms with Crippen molar-refractivity contribution < 1.29 is 13.2 Å². The van der Waals surface area contributed by atoms with Gasteiger partial charge in [-0.05, 0) is 31.2 Å². The van der Waals surface area contributed by atoms with Crippen LogP contribution in [0.3, 0.4) is 0 Å². The molecule has 116 valence electrons. The van der Waals surface area contributed by atoms with E-state index in [9.17, 15) is 13.2 Å². The predicted molar refractivity (Wildman–Crippen MR) is 82.8 cm³/mol. The third-order valence-electron chi connectivity index (χ3n) is 2.81. The Labute approximate surface area is 128 Å². The number of nitrogens with one attached hydrogen (secondary N) is 3. The minimum Gasteiger partial charge on any atom is -0.360 e. The first-order valence-corrected chi connectivity index (χ1v) is 7.99. The number of rotatable bonds is 6. The van der Waals surface area contributed by atoms with Gasteiger partial charge in [0.2, 0.25) is 10.0 Å². The van der Waals surface area contributed by atoms with Crippen LogP contribution in [0.2, 0.25) is 0 Å². The summed E-state index contributed by atoms with van der Waals surface area (Å²) in [5, 5.41) is 3.89. The summed E-state index contributed by atoms with van der Waals surface area (Å²) in [6.45, 7) is 1.33. The zero-order valence-electron chi connectivity index (χ0n) is 11.9. The quantitative estimate of drug-likeness (QED) is 0.542. The standard InChI is InChI=1S/C14H16N4O3S/c1-11(13-8-5-9-15-13)17-18-14(19)10-16-22(20,21)12-6-3-2-4-7-12/h2-9,15-16H,10H2,1H3,(H,18,19)/b17-11+. The van der Waals surface area contributed by atoms with E-state index >= 15 is 0 Å². The Balaban J connectivity index is 1.89. The molecule has 3 N–H and O–H groups in total. The van der Waals surface area contributed by atoms with Crippen LogP contribution in [-0.2, 0) is 14.8 Å². The fourth-order valence-electron chi connectivity index (χ4n) is 1.64. The molecule has 0 aliphatic heterocycles. The molecule has 0 spiro atoms. The fourth-order valence-corrected chi connectivity index (χ4v) is 2.65. The van der Waals surface area contributed by atoms with Crippen molar-refractivity contribution in [3.05, 3.63) is 54.4 Å². The average Bonchev–Trinajstić information content (AvgIpc) is 3.06. The monoisotopic (exact) mass is 320 g/mol.